The molecule has 1 fully saturated rings. The first-order valence-corrected chi connectivity index (χ1v) is 6.39. The number of nitriles is 1. The van der Waals surface area contributed by atoms with Crippen LogP contribution in [0.3, 0.4) is 0 Å². The summed E-state index contributed by atoms with van der Waals surface area (Å²) in [5, 5.41) is 9.09. The van der Waals surface area contributed by atoms with Crippen molar-refractivity contribution in [3.8, 4) is 11.8 Å². The van der Waals surface area contributed by atoms with Crippen LogP contribution in [0.25, 0.3) is 0 Å². The summed E-state index contributed by atoms with van der Waals surface area (Å²) >= 11 is 0. The number of hydrogen-bond acceptors (Lipinski definition) is 3. The Morgan fingerprint density at radius 1 is 1.39 bits per heavy atom. The second-order valence-corrected chi connectivity index (χ2v) is 5.45. The van der Waals surface area contributed by atoms with Crippen molar-refractivity contribution in [2.24, 2.45) is 5.92 Å². The first kappa shape index (κ1) is 12.8. The molecule has 1 atom stereocenters. The lowest BCUT2D eigenvalue weighted by atomic mass is 9.83. The number of nitrogens with zero attached hydrogens (tertiary/aromatic N) is 2. The summed E-state index contributed by atoms with van der Waals surface area (Å²) in [6, 6.07) is 10.5. The molecule has 0 amide bonds. The monoisotopic (exact) mass is 244 g/mol. The Morgan fingerprint density at radius 2 is 2.11 bits per heavy atom. The van der Waals surface area contributed by atoms with Crippen LogP contribution in [0.4, 0.5) is 5.69 Å². The van der Waals surface area contributed by atoms with Crippen LogP contribution >= 0.6 is 0 Å². The van der Waals surface area contributed by atoms with Crippen molar-refractivity contribution in [2.75, 3.05) is 18.6 Å². The molecule has 1 aliphatic rings. The summed E-state index contributed by atoms with van der Waals surface area (Å²) in [4.78, 5) is 2.36. The molecule has 1 aromatic carbocycles. The highest BCUT2D eigenvalue weighted by atomic mass is 16.5. The molecule has 1 unspecified atom stereocenters. The molecule has 0 N–H and O–H groups in total. The van der Waals surface area contributed by atoms with Crippen molar-refractivity contribution in [3.63, 3.8) is 0 Å². The minimum absolute atomic E-state index is 0.00667. The third-order valence-electron chi connectivity index (χ3n) is 3.74. The van der Waals surface area contributed by atoms with Crippen LogP contribution in [0.15, 0.2) is 24.3 Å². The van der Waals surface area contributed by atoms with Crippen molar-refractivity contribution in [1.29, 1.82) is 5.26 Å². The SMILES string of the molecule is COc1ccccc1N1CCC(C#N)CC1(C)C. The Hall–Kier alpha value is -1.69. The normalized spacial score (nSPS) is 22.3. The predicted octanol–water partition coefficient (Wildman–Crippen LogP) is 3.21. The molecule has 0 spiro atoms. The van der Waals surface area contributed by atoms with Gasteiger partial charge < -0.3 is 9.64 Å². The Labute approximate surface area is 109 Å². The van der Waals surface area contributed by atoms with Gasteiger partial charge in [0.05, 0.1) is 24.8 Å². The van der Waals surface area contributed by atoms with E-state index < -0.39 is 0 Å². The molecule has 0 aliphatic carbocycles. The minimum atomic E-state index is -0.00667. The molecule has 1 saturated heterocycles. The predicted molar refractivity (Wildman–Crippen MR) is 72.8 cm³/mol. The molecule has 0 aromatic heterocycles. The van der Waals surface area contributed by atoms with E-state index in [1.165, 1.54) is 0 Å². The van der Waals surface area contributed by atoms with Crippen LogP contribution in [0.1, 0.15) is 26.7 Å². The van der Waals surface area contributed by atoms with Crippen molar-refractivity contribution in [2.45, 2.75) is 32.2 Å². The number of benzene rings is 1. The Morgan fingerprint density at radius 3 is 2.72 bits per heavy atom. The Bertz CT molecular complexity index is 462. The molecular formula is C15H20N2O. The smallest absolute Gasteiger partial charge is 0.142 e. The minimum Gasteiger partial charge on any atom is -0.495 e. The van der Waals surface area contributed by atoms with Gasteiger partial charge in [-0.15, -0.1) is 0 Å². The summed E-state index contributed by atoms with van der Waals surface area (Å²) in [6.45, 7) is 5.30. The number of rotatable bonds is 2. The third-order valence-corrected chi connectivity index (χ3v) is 3.74. The first-order chi connectivity index (χ1) is 8.58. The lowest BCUT2D eigenvalue weighted by molar-refractivity contribution is 0.311. The molecule has 2 rings (SSSR count). The quantitative estimate of drug-likeness (QED) is 0.801. The molecule has 0 bridgehead atoms. The van der Waals surface area contributed by atoms with Gasteiger partial charge in [-0.2, -0.15) is 5.26 Å². The van der Waals surface area contributed by atoms with Crippen LogP contribution in [-0.4, -0.2) is 19.2 Å². The van der Waals surface area contributed by atoms with Crippen LogP contribution in [0.5, 0.6) is 5.75 Å². The summed E-state index contributed by atoms with van der Waals surface area (Å²) in [5.74, 6) is 1.08. The first-order valence-electron chi connectivity index (χ1n) is 6.39. The average Bonchev–Trinajstić information content (AvgIpc) is 2.37. The van der Waals surface area contributed by atoms with Crippen molar-refractivity contribution < 1.29 is 4.74 Å². The topological polar surface area (TPSA) is 36.3 Å². The zero-order chi connectivity index (χ0) is 13.2. The fraction of sp³-hybridized carbons (Fsp3) is 0.533. The van der Waals surface area contributed by atoms with Gasteiger partial charge in [0.15, 0.2) is 0 Å². The summed E-state index contributed by atoms with van der Waals surface area (Å²) in [5.41, 5.74) is 1.12. The Kier molecular flexibility index (Phi) is 3.47. The standard InChI is InChI=1S/C15H20N2O/c1-15(2)10-12(11-16)8-9-17(15)13-6-4-5-7-14(13)18-3/h4-7,12H,8-10H2,1-3H3. The van der Waals surface area contributed by atoms with Gasteiger partial charge in [-0.25, -0.2) is 0 Å². The number of piperidine rings is 1. The molecule has 96 valence electrons. The van der Waals surface area contributed by atoms with Gasteiger partial charge in [0.1, 0.15) is 5.75 Å². The van der Waals surface area contributed by atoms with E-state index in [0.717, 1.165) is 30.8 Å². The van der Waals surface area contributed by atoms with E-state index in [2.05, 4.69) is 30.9 Å². The van der Waals surface area contributed by atoms with E-state index in [0.29, 0.717) is 0 Å². The van der Waals surface area contributed by atoms with Crippen molar-refractivity contribution in [3.05, 3.63) is 24.3 Å². The van der Waals surface area contributed by atoms with Crippen molar-refractivity contribution in [1.82, 2.24) is 0 Å². The molecule has 1 aliphatic heterocycles. The van der Waals surface area contributed by atoms with Gasteiger partial charge in [-0.1, -0.05) is 12.1 Å². The molecule has 3 nitrogen and oxygen atoms in total. The van der Waals surface area contributed by atoms with E-state index in [9.17, 15) is 0 Å². The zero-order valence-corrected chi connectivity index (χ0v) is 11.3. The second kappa shape index (κ2) is 4.89. The number of para-hydroxylation sites is 2. The van der Waals surface area contributed by atoms with E-state index in [-0.39, 0.29) is 11.5 Å². The van der Waals surface area contributed by atoms with Gasteiger partial charge in [0.2, 0.25) is 0 Å². The summed E-state index contributed by atoms with van der Waals surface area (Å²) in [6.07, 6.45) is 1.83. The van der Waals surface area contributed by atoms with Crippen molar-refractivity contribution >= 4 is 5.69 Å². The molecule has 18 heavy (non-hydrogen) atoms. The van der Waals surface area contributed by atoms with Gasteiger partial charge in [-0.05, 0) is 38.8 Å². The molecule has 0 radical (unpaired) electrons. The average molecular weight is 244 g/mol. The Balaban J connectivity index is 2.31. The largest absolute Gasteiger partial charge is 0.495 e. The molecule has 0 saturated carbocycles. The van der Waals surface area contributed by atoms with E-state index in [1.54, 1.807) is 7.11 Å². The molecular weight excluding hydrogens is 224 g/mol. The number of ether oxygens (including phenoxy) is 1. The molecule has 1 aromatic rings. The number of anilines is 1. The third kappa shape index (κ3) is 2.28. The van der Waals surface area contributed by atoms with E-state index >= 15 is 0 Å². The fourth-order valence-corrected chi connectivity index (χ4v) is 2.81. The maximum atomic E-state index is 9.09. The van der Waals surface area contributed by atoms with Crippen LogP contribution in [-0.2, 0) is 0 Å². The van der Waals surface area contributed by atoms with Gasteiger partial charge in [0, 0.05) is 12.1 Å². The zero-order valence-electron chi connectivity index (χ0n) is 11.3. The van der Waals surface area contributed by atoms with Gasteiger partial charge >= 0.3 is 0 Å². The second-order valence-electron chi connectivity index (χ2n) is 5.45. The maximum Gasteiger partial charge on any atom is 0.142 e. The van der Waals surface area contributed by atoms with E-state index in [1.807, 2.05) is 18.2 Å². The lowest BCUT2D eigenvalue weighted by Gasteiger charge is -2.46. The summed E-state index contributed by atoms with van der Waals surface area (Å²) in [7, 11) is 1.70. The number of hydrogen-bond donors (Lipinski definition) is 0. The van der Waals surface area contributed by atoms with Gasteiger partial charge in [0.25, 0.3) is 0 Å². The van der Waals surface area contributed by atoms with Gasteiger partial charge in [-0.3, -0.25) is 0 Å². The highest BCUT2D eigenvalue weighted by Gasteiger charge is 2.35. The number of methoxy groups -OCH3 is 1. The lowest BCUT2D eigenvalue weighted by Crippen LogP contribution is -2.50. The van der Waals surface area contributed by atoms with Crippen LogP contribution in [0.2, 0.25) is 0 Å². The fourth-order valence-electron chi connectivity index (χ4n) is 2.81. The highest BCUT2D eigenvalue weighted by Crippen LogP contribution is 2.39. The maximum absolute atomic E-state index is 9.09. The van der Waals surface area contributed by atoms with Crippen LogP contribution < -0.4 is 9.64 Å². The van der Waals surface area contributed by atoms with E-state index in [4.69, 9.17) is 10.00 Å². The highest BCUT2D eigenvalue weighted by molar-refractivity contribution is 5.60. The van der Waals surface area contributed by atoms with Crippen LogP contribution in [0, 0.1) is 17.2 Å². The molecule has 3 heteroatoms. The molecule has 1 heterocycles. The summed E-state index contributed by atoms with van der Waals surface area (Å²) < 4.78 is 5.44.